The SMILES string of the molecule is CC(=O)Nc1ccc(NC(=O)/C(C#N)=C/c2ccc(N(C)CCO)cc2)cc1. The van der Waals surface area contributed by atoms with Gasteiger partial charge in [0.2, 0.25) is 5.91 Å². The number of carbonyl (C=O) groups excluding carboxylic acids is 2. The van der Waals surface area contributed by atoms with Crippen LogP contribution in [-0.2, 0) is 9.59 Å². The molecule has 2 aromatic carbocycles. The fourth-order valence-corrected chi connectivity index (χ4v) is 2.46. The molecule has 2 amide bonds. The van der Waals surface area contributed by atoms with Crippen molar-refractivity contribution in [2.45, 2.75) is 6.92 Å². The van der Waals surface area contributed by atoms with Gasteiger partial charge in [-0.05, 0) is 48.0 Å². The summed E-state index contributed by atoms with van der Waals surface area (Å²) in [5, 5.41) is 23.6. The maximum atomic E-state index is 12.4. The van der Waals surface area contributed by atoms with Gasteiger partial charge in [-0.25, -0.2) is 0 Å². The summed E-state index contributed by atoms with van der Waals surface area (Å²) in [4.78, 5) is 25.3. The number of hydrogen-bond donors (Lipinski definition) is 3. The Morgan fingerprint density at radius 3 is 2.14 bits per heavy atom. The molecule has 144 valence electrons. The number of nitrogens with one attached hydrogen (secondary N) is 2. The van der Waals surface area contributed by atoms with Crippen LogP contribution in [0.2, 0.25) is 0 Å². The lowest BCUT2D eigenvalue weighted by Crippen LogP contribution is -2.20. The first-order valence-corrected chi connectivity index (χ1v) is 8.66. The predicted molar refractivity (Wildman–Crippen MR) is 110 cm³/mol. The van der Waals surface area contributed by atoms with Gasteiger partial charge in [0, 0.05) is 37.6 Å². The maximum absolute atomic E-state index is 12.4. The number of likely N-dealkylation sites (N-methyl/N-ethyl adjacent to an activating group) is 1. The van der Waals surface area contributed by atoms with Crippen molar-refractivity contribution in [3.8, 4) is 6.07 Å². The van der Waals surface area contributed by atoms with E-state index in [0.717, 1.165) is 5.69 Å². The highest BCUT2D eigenvalue weighted by Crippen LogP contribution is 2.17. The molecule has 0 aliphatic carbocycles. The van der Waals surface area contributed by atoms with Gasteiger partial charge in [0.05, 0.1) is 6.61 Å². The topological polar surface area (TPSA) is 105 Å². The molecule has 2 aromatic rings. The van der Waals surface area contributed by atoms with Gasteiger partial charge in [-0.3, -0.25) is 9.59 Å². The van der Waals surface area contributed by atoms with E-state index >= 15 is 0 Å². The Balaban J connectivity index is 2.08. The molecule has 0 saturated carbocycles. The summed E-state index contributed by atoms with van der Waals surface area (Å²) in [7, 11) is 1.87. The maximum Gasteiger partial charge on any atom is 0.266 e. The first kappa shape index (κ1) is 20.7. The molecule has 0 aromatic heterocycles. The second-order valence-electron chi connectivity index (χ2n) is 6.12. The van der Waals surface area contributed by atoms with E-state index in [4.69, 9.17) is 5.11 Å². The van der Waals surface area contributed by atoms with Crippen LogP contribution in [-0.4, -0.2) is 37.1 Å². The summed E-state index contributed by atoms with van der Waals surface area (Å²) in [5.74, 6) is -0.698. The van der Waals surface area contributed by atoms with Crippen LogP contribution in [0.3, 0.4) is 0 Å². The molecule has 3 N–H and O–H groups in total. The van der Waals surface area contributed by atoms with E-state index in [9.17, 15) is 14.9 Å². The normalized spacial score (nSPS) is 10.7. The molecule has 0 saturated heterocycles. The first-order valence-electron chi connectivity index (χ1n) is 8.66. The minimum atomic E-state index is -0.517. The fraction of sp³-hybridized carbons (Fsp3) is 0.190. The number of carbonyl (C=O) groups is 2. The second-order valence-corrected chi connectivity index (χ2v) is 6.12. The van der Waals surface area contributed by atoms with Crippen molar-refractivity contribution in [1.29, 1.82) is 5.26 Å². The molecule has 7 heteroatoms. The van der Waals surface area contributed by atoms with Crippen LogP contribution in [0.15, 0.2) is 54.1 Å². The zero-order valence-corrected chi connectivity index (χ0v) is 15.8. The number of benzene rings is 2. The van der Waals surface area contributed by atoms with Crippen LogP contribution in [0.4, 0.5) is 17.1 Å². The van der Waals surface area contributed by atoms with Gasteiger partial charge < -0.3 is 20.6 Å². The van der Waals surface area contributed by atoms with Gasteiger partial charge in [-0.2, -0.15) is 5.26 Å². The van der Waals surface area contributed by atoms with Gasteiger partial charge in [0.25, 0.3) is 5.91 Å². The van der Waals surface area contributed by atoms with Crippen LogP contribution in [0, 0.1) is 11.3 Å². The Hall–Kier alpha value is -3.63. The molecule has 0 bridgehead atoms. The zero-order valence-electron chi connectivity index (χ0n) is 15.8. The zero-order chi connectivity index (χ0) is 20.5. The lowest BCUT2D eigenvalue weighted by Gasteiger charge is -2.17. The molecule has 28 heavy (non-hydrogen) atoms. The molecule has 0 atom stereocenters. The molecular weight excluding hydrogens is 356 g/mol. The fourth-order valence-electron chi connectivity index (χ4n) is 2.46. The monoisotopic (exact) mass is 378 g/mol. The smallest absolute Gasteiger partial charge is 0.266 e. The van der Waals surface area contributed by atoms with E-state index in [2.05, 4.69) is 10.6 Å². The van der Waals surface area contributed by atoms with Crippen molar-refractivity contribution in [3.63, 3.8) is 0 Å². The summed E-state index contributed by atoms with van der Waals surface area (Å²) in [6.07, 6.45) is 1.51. The van der Waals surface area contributed by atoms with Gasteiger partial charge in [-0.1, -0.05) is 12.1 Å². The van der Waals surface area contributed by atoms with Crippen LogP contribution in [0.25, 0.3) is 6.08 Å². The van der Waals surface area contributed by atoms with E-state index in [-0.39, 0.29) is 18.1 Å². The second kappa shape index (κ2) is 9.90. The number of amides is 2. The van der Waals surface area contributed by atoms with Crippen molar-refractivity contribution in [2.24, 2.45) is 0 Å². The number of aliphatic hydroxyl groups is 1. The standard InChI is InChI=1S/C21H22N4O3/c1-15(27)23-18-5-7-19(8-6-18)24-21(28)17(14-22)13-16-3-9-20(10-4-16)25(2)11-12-26/h3-10,13,26H,11-12H2,1-2H3,(H,23,27)(H,24,28)/b17-13+. The molecule has 0 spiro atoms. The van der Waals surface area contributed by atoms with E-state index < -0.39 is 5.91 Å². The average Bonchev–Trinajstić information content (AvgIpc) is 2.67. The van der Waals surface area contributed by atoms with Crippen molar-refractivity contribution in [1.82, 2.24) is 0 Å². The molecule has 0 unspecified atom stereocenters. The Kier molecular flexibility index (Phi) is 7.31. The lowest BCUT2D eigenvalue weighted by molar-refractivity contribution is -0.114. The van der Waals surface area contributed by atoms with Gasteiger partial charge in [-0.15, -0.1) is 0 Å². The molecule has 2 rings (SSSR count). The number of aliphatic hydroxyl groups excluding tert-OH is 1. The van der Waals surface area contributed by atoms with E-state index in [1.807, 2.05) is 30.1 Å². The van der Waals surface area contributed by atoms with Crippen molar-refractivity contribution in [3.05, 3.63) is 59.7 Å². The van der Waals surface area contributed by atoms with Crippen LogP contribution in [0.5, 0.6) is 0 Å². The van der Waals surface area contributed by atoms with Gasteiger partial charge in [0.1, 0.15) is 11.6 Å². The third kappa shape index (κ3) is 5.97. The molecular formula is C21H22N4O3. The highest BCUT2D eigenvalue weighted by Gasteiger charge is 2.10. The average molecular weight is 378 g/mol. The van der Waals surface area contributed by atoms with Gasteiger partial charge in [0.15, 0.2) is 0 Å². The largest absolute Gasteiger partial charge is 0.395 e. The van der Waals surface area contributed by atoms with Crippen LogP contribution in [0.1, 0.15) is 12.5 Å². The Labute approximate surface area is 163 Å². The summed E-state index contributed by atoms with van der Waals surface area (Å²) >= 11 is 0. The summed E-state index contributed by atoms with van der Waals surface area (Å²) in [6.45, 7) is 1.99. The molecule has 0 aliphatic rings. The number of rotatable bonds is 7. The van der Waals surface area contributed by atoms with E-state index in [1.165, 1.54) is 13.0 Å². The van der Waals surface area contributed by atoms with E-state index in [1.54, 1.807) is 36.4 Å². The number of nitrogens with zero attached hydrogens (tertiary/aromatic N) is 2. The summed E-state index contributed by atoms with van der Waals surface area (Å²) in [5.41, 5.74) is 2.75. The number of hydrogen-bond acceptors (Lipinski definition) is 5. The number of anilines is 3. The summed E-state index contributed by atoms with van der Waals surface area (Å²) in [6, 6.07) is 15.8. The summed E-state index contributed by atoms with van der Waals surface area (Å²) < 4.78 is 0. The van der Waals surface area contributed by atoms with E-state index in [0.29, 0.717) is 23.5 Å². The lowest BCUT2D eigenvalue weighted by atomic mass is 10.1. The third-order valence-corrected chi connectivity index (χ3v) is 3.91. The number of nitriles is 1. The van der Waals surface area contributed by atoms with Crippen LogP contribution >= 0.6 is 0 Å². The molecule has 7 nitrogen and oxygen atoms in total. The highest BCUT2D eigenvalue weighted by atomic mass is 16.3. The molecule has 0 heterocycles. The Morgan fingerprint density at radius 1 is 1.07 bits per heavy atom. The first-order chi connectivity index (χ1) is 13.4. The third-order valence-electron chi connectivity index (χ3n) is 3.91. The Morgan fingerprint density at radius 2 is 1.64 bits per heavy atom. The predicted octanol–water partition coefficient (Wildman–Crippen LogP) is 2.62. The quantitative estimate of drug-likeness (QED) is 0.507. The minimum Gasteiger partial charge on any atom is -0.395 e. The van der Waals surface area contributed by atoms with Gasteiger partial charge >= 0.3 is 0 Å². The van der Waals surface area contributed by atoms with Crippen molar-refractivity contribution < 1.29 is 14.7 Å². The Bertz CT molecular complexity index is 897. The van der Waals surface area contributed by atoms with Crippen molar-refractivity contribution >= 4 is 35.0 Å². The van der Waals surface area contributed by atoms with Crippen molar-refractivity contribution in [2.75, 3.05) is 35.7 Å². The molecule has 0 fully saturated rings. The van der Waals surface area contributed by atoms with Crippen LogP contribution < -0.4 is 15.5 Å². The minimum absolute atomic E-state index is 0.0256. The molecule has 0 radical (unpaired) electrons. The highest BCUT2D eigenvalue weighted by molar-refractivity contribution is 6.09. The molecule has 0 aliphatic heterocycles.